The Hall–Kier alpha value is -3.30. The predicted octanol–water partition coefficient (Wildman–Crippen LogP) is 4.90. The van der Waals surface area contributed by atoms with E-state index in [4.69, 9.17) is 4.74 Å². The number of ether oxygens (including phenoxy) is 1. The van der Waals surface area contributed by atoms with E-state index in [1.807, 2.05) is 35.7 Å². The van der Waals surface area contributed by atoms with Crippen LogP contribution in [0.5, 0.6) is 5.75 Å². The normalized spacial score (nSPS) is 11.0. The first-order valence-corrected chi connectivity index (χ1v) is 12.2. The zero-order valence-corrected chi connectivity index (χ0v) is 20.2. The van der Waals surface area contributed by atoms with E-state index in [1.165, 1.54) is 17.5 Å². The van der Waals surface area contributed by atoms with Gasteiger partial charge in [-0.15, -0.1) is 22.7 Å². The molecule has 33 heavy (non-hydrogen) atoms. The SMILES string of the molecule is Cc1nc(-c2c(OCc3csc(C(C)C)n3)cc[nH]c2=O)sc1C(=O)NCc1ccccc1. The second kappa shape index (κ2) is 10.1. The van der Waals surface area contributed by atoms with E-state index in [9.17, 15) is 9.59 Å². The van der Waals surface area contributed by atoms with E-state index in [1.54, 1.807) is 24.3 Å². The average Bonchev–Trinajstić information content (AvgIpc) is 3.44. The number of thiazole rings is 2. The van der Waals surface area contributed by atoms with Crippen molar-refractivity contribution in [1.29, 1.82) is 0 Å². The molecule has 2 N–H and O–H groups in total. The van der Waals surface area contributed by atoms with E-state index < -0.39 is 0 Å². The lowest BCUT2D eigenvalue weighted by Gasteiger charge is -2.08. The summed E-state index contributed by atoms with van der Waals surface area (Å²) in [6.45, 7) is 6.61. The van der Waals surface area contributed by atoms with Gasteiger partial charge in [-0.1, -0.05) is 44.2 Å². The molecule has 0 aliphatic carbocycles. The summed E-state index contributed by atoms with van der Waals surface area (Å²) in [5.74, 6) is 0.532. The zero-order chi connectivity index (χ0) is 23.4. The van der Waals surface area contributed by atoms with Crippen LogP contribution in [0.1, 0.15) is 51.4 Å². The minimum atomic E-state index is -0.321. The third-order valence-electron chi connectivity index (χ3n) is 4.87. The minimum absolute atomic E-state index is 0.224. The van der Waals surface area contributed by atoms with E-state index in [2.05, 4.69) is 34.1 Å². The van der Waals surface area contributed by atoms with Gasteiger partial charge in [-0.3, -0.25) is 9.59 Å². The molecule has 170 valence electrons. The highest BCUT2D eigenvalue weighted by Crippen LogP contribution is 2.32. The first kappa shape index (κ1) is 22.9. The van der Waals surface area contributed by atoms with Gasteiger partial charge in [-0.25, -0.2) is 9.97 Å². The van der Waals surface area contributed by atoms with Crippen molar-refractivity contribution in [3.63, 3.8) is 0 Å². The number of hydrogen-bond acceptors (Lipinski definition) is 7. The monoisotopic (exact) mass is 480 g/mol. The molecule has 0 aliphatic heterocycles. The smallest absolute Gasteiger partial charge is 0.263 e. The van der Waals surface area contributed by atoms with Crippen LogP contribution in [0, 0.1) is 6.92 Å². The van der Waals surface area contributed by atoms with Gasteiger partial charge in [0.2, 0.25) is 0 Å². The molecule has 0 unspecified atom stereocenters. The number of hydrogen-bond donors (Lipinski definition) is 2. The maximum Gasteiger partial charge on any atom is 0.263 e. The second-order valence-electron chi connectivity index (χ2n) is 7.77. The summed E-state index contributed by atoms with van der Waals surface area (Å²) in [4.78, 5) is 37.6. The standard InChI is InChI=1S/C24H24N4O3S2/c1-14(2)23-28-17(13-32-23)12-31-18-9-10-25-21(29)19(18)24-27-15(3)20(33-24)22(30)26-11-16-7-5-4-6-8-16/h4-10,13-14H,11-12H2,1-3H3,(H,25,29)(H,26,30). The zero-order valence-electron chi connectivity index (χ0n) is 18.5. The first-order valence-electron chi connectivity index (χ1n) is 10.5. The summed E-state index contributed by atoms with van der Waals surface area (Å²) in [7, 11) is 0. The third-order valence-corrected chi connectivity index (χ3v) is 7.24. The molecular formula is C24H24N4O3S2. The van der Waals surface area contributed by atoms with Crippen LogP contribution in [0.4, 0.5) is 0 Å². The molecule has 0 atom stereocenters. The lowest BCUT2D eigenvalue weighted by Crippen LogP contribution is -2.22. The molecule has 4 aromatic rings. The van der Waals surface area contributed by atoms with Gasteiger partial charge in [0, 0.05) is 24.0 Å². The summed E-state index contributed by atoms with van der Waals surface area (Å²) < 4.78 is 5.96. The lowest BCUT2D eigenvalue weighted by atomic mass is 10.2. The number of aryl methyl sites for hydroxylation is 1. The Balaban J connectivity index is 1.54. The maximum atomic E-state index is 12.8. The molecule has 1 amide bonds. The summed E-state index contributed by atoms with van der Waals surface area (Å²) in [5, 5.41) is 6.36. The van der Waals surface area contributed by atoms with Crippen molar-refractivity contribution in [2.45, 2.75) is 39.8 Å². The van der Waals surface area contributed by atoms with Crippen LogP contribution in [-0.2, 0) is 13.2 Å². The van der Waals surface area contributed by atoms with E-state index in [0.717, 1.165) is 16.3 Å². The van der Waals surface area contributed by atoms with Gasteiger partial charge >= 0.3 is 0 Å². The summed E-state index contributed by atoms with van der Waals surface area (Å²) in [5.41, 5.74) is 2.37. The van der Waals surface area contributed by atoms with Crippen LogP contribution in [0.3, 0.4) is 0 Å². The van der Waals surface area contributed by atoms with Gasteiger partial charge in [0.15, 0.2) is 0 Å². The Morgan fingerprint density at radius 3 is 2.70 bits per heavy atom. The summed E-state index contributed by atoms with van der Waals surface area (Å²) in [6.07, 6.45) is 1.54. The van der Waals surface area contributed by atoms with Gasteiger partial charge in [-0.2, -0.15) is 0 Å². The highest BCUT2D eigenvalue weighted by Gasteiger charge is 2.21. The van der Waals surface area contributed by atoms with Gasteiger partial charge in [0.1, 0.15) is 27.8 Å². The van der Waals surface area contributed by atoms with Crippen LogP contribution < -0.4 is 15.6 Å². The topological polar surface area (TPSA) is 97.0 Å². The lowest BCUT2D eigenvalue weighted by molar-refractivity contribution is 0.0954. The van der Waals surface area contributed by atoms with E-state index in [0.29, 0.717) is 39.4 Å². The van der Waals surface area contributed by atoms with Crippen LogP contribution in [-0.4, -0.2) is 20.9 Å². The van der Waals surface area contributed by atoms with Crippen molar-refractivity contribution >= 4 is 28.6 Å². The highest BCUT2D eigenvalue weighted by atomic mass is 32.1. The molecule has 3 aromatic heterocycles. The Labute approximate surface area is 199 Å². The number of aromatic amines is 1. The van der Waals surface area contributed by atoms with Crippen LogP contribution >= 0.6 is 22.7 Å². The van der Waals surface area contributed by atoms with Gasteiger partial charge in [-0.05, 0) is 18.6 Å². The molecule has 4 rings (SSSR count). The fourth-order valence-electron chi connectivity index (χ4n) is 3.16. The molecule has 0 aliphatic rings. The number of carbonyl (C=O) groups excluding carboxylic acids is 1. The van der Waals surface area contributed by atoms with Crippen molar-refractivity contribution in [1.82, 2.24) is 20.3 Å². The fraction of sp³-hybridized carbons (Fsp3) is 0.250. The van der Waals surface area contributed by atoms with Crippen molar-refractivity contribution in [3.8, 4) is 16.3 Å². The third kappa shape index (κ3) is 5.37. The van der Waals surface area contributed by atoms with Crippen LogP contribution in [0.25, 0.3) is 10.6 Å². The first-order chi connectivity index (χ1) is 15.9. The molecule has 0 spiro atoms. The Bertz CT molecular complexity index is 1310. The number of H-pyrrole nitrogens is 1. The second-order valence-corrected chi connectivity index (χ2v) is 9.66. The summed E-state index contributed by atoms with van der Waals surface area (Å²) in [6, 6.07) is 11.4. The number of rotatable bonds is 8. The van der Waals surface area contributed by atoms with Gasteiger partial charge < -0.3 is 15.0 Å². The Morgan fingerprint density at radius 2 is 1.97 bits per heavy atom. The Morgan fingerprint density at radius 1 is 1.18 bits per heavy atom. The van der Waals surface area contributed by atoms with E-state index in [-0.39, 0.29) is 18.1 Å². The molecular weight excluding hydrogens is 456 g/mol. The molecule has 0 bridgehead atoms. The number of aromatic nitrogens is 3. The maximum absolute atomic E-state index is 12.8. The van der Waals surface area contributed by atoms with Gasteiger partial charge in [0.05, 0.1) is 16.4 Å². The number of amides is 1. The van der Waals surface area contributed by atoms with Crippen LogP contribution in [0.2, 0.25) is 0 Å². The van der Waals surface area contributed by atoms with Gasteiger partial charge in [0.25, 0.3) is 11.5 Å². The molecule has 0 saturated carbocycles. The largest absolute Gasteiger partial charge is 0.486 e. The fourth-order valence-corrected chi connectivity index (χ4v) is 5.01. The molecule has 7 nitrogen and oxygen atoms in total. The van der Waals surface area contributed by atoms with Crippen molar-refractivity contribution in [2.75, 3.05) is 0 Å². The molecule has 3 heterocycles. The molecule has 0 radical (unpaired) electrons. The predicted molar refractivity (Wildman–Crippen MR) is 131 cm³/mol. The highest BCUT2D eigenvalue weighted by molar-refractivity contribution is 7.17. The average molecular weight is 481 g/mol. The Kier molecular flexibility index (Phi) is 7.00. The molecule has 9 heteroatoms. The minimum Gasteiger partial charge on any atom is -0.486 e. The number of carbonyl (C=O) groups is 1. The number of nitrogens with zero attached hydrogens (tertiary/aromatic N) is 2. The number of benzene rings is 1. The molecule has 0 saturated heterocycles. The summed E-state index contributed by atoms with van der Waals surface area (Å²) >= 11 is 2.77. The quantitative estimate of drug-likeness (QED) is 0.374. The van der Waals surface area contributed by atoms with Crippen molar-refractivity contribution in [3.05, 3.63) is 85.2 Å². The van der Waals surface area contributed by atoms with Crippen molar-refractivity contribution < 1.29 is 9.53 Å². The van der Waals surface area contributed by atoms with E-state index >= 15 is 0 Å². The molecule has 1 aromatic carbocycles. The number of nitrogens with one attached hydrogen (secondary N) is 2. The number of pyridine rings is 1. The van der Waals surface area contributed by atoms with Crippen LogP contribution in [0.15, 0.2) is 52.8 Å². The van der Waals surface area contributed by atoms with Crippen molar-refractivity contribution in [2.24, 2.45) is 0 Å². The molecule has 0 fully saturated rings.